The molecular formula is C43H40N8O9. The first kappa shape index (κ1) is 39.2. The molecule has 3 aromatic carbocycles. The number of imide groups is 1. The number of urea groups is 1. The Morgan fingerprint density at radius 2 is 1.18 bits per heavy atom. The lowest BCUT2D eigenvalue weighted by atomic mass is 10.1. The van der Waals surface area contributed by atoms with Crippen LogP contribution in [0.25, 0.3) is 22.5 Å². The zero-order valence-corrected chi connectivity index (χ0v) is 33.7. The summed E-state index contributed by atoms with van der Waals surface area (Å²) >= 11 is 0. The molecule has 4 aromatic heterocycles. The van der Waals surface area contributed by atoms with E-state index in [2.05, 4.69) is 51.9 Å². The van der Waals surface area contributed by atoms with Crippen molar-refractivity contribution < 1.29 is 42.2 Å². The number of aryl methyl sites for hydroxylation is 4. The second kappa shape index (κ2) is 16.3. The summed E-state index contributed by atoms with van der Waals surface area (Å²) in [5.74, 6) is 0.437. The minimum Gasteiger partial charge on any atom is -0.478 e. The fraction of sp³-hybridized carbons (Fsp3) is 0.233. The third-order valence-electron chi connectivity index (χ3n) is 9.62. The summed E-state index contributed by atoms with van der Waals surface area (Å²) in [4.78, 5) is 67.5. The van der Waals surface area contributed by atoms with Gasteiger partial charge in [0, 0.05) is 44.0 Å². The van der Waals surface area contributed by atoms with Crippen molar-refractivity contribution in [1.82, 2.24) is 24.8 Å². The molecule has 1 aliphatic heterocycles. The maximum absolute atomic E-state index is 15.0. The Morgan fingerprint density at radius 1 is 0.633 bits per heavy atom. The number of carbonyl (C=O) groups excluding carboxylic acids is 3. The topological polar surface area (TPSA) is 179 Å². The Hall–Kier alpha value is -7.69. The molecule has 8 rings (SSSR count). The lowest BCUT2D eigenvalue weighted by molar-refractivity contribution is 0.189. The predicted octanol–water partition coefficient (Wildman–Crippen LogP) is 8.29. The van der Waals surface area contributed by atoms with Crippen LogP contribution in [0.3, 0.4) is 0 Å². The first-order valence-corrected chi connectivity index (χ1v) is 18.9. The quantitative estimate of drug-likeness (QED) is 0.143. The normalized spacial score (nSPS) is 12.7. The van der Waals surface area contributed by atoms with E-state index in [1.165, 1.54) is 25.2 Å². The van der Waals surface area contributed by atoms with Gasteiger partial charge in [-0.05, 0) is 75.2 Å². The summed E-state index contributed by atoms with van der Waals surface area (Å²) in [6.07, 6.45) is -2.44. The highest BCUT2D eigenvalue weighted by atomic mass is 16.6. The van der Waals surface area contributed by atoms with Crippen LogP contribution >= 0.6 is 0 Å². The van der Waals surface area contributed by atoms with Gasteiger partial charge in [0.25, 0.3) is 11.8 Å². The van der Waals surface area contributed by atoms with E-state index >= 15 is 0 Å². The van der Waals surface area contributed by atoms with Gasteiger partial charge in [-0.1, -0.05) is 36.4 Å². The molecule has 17 heteroatoms. The second-order valence-electron chi connectivity index (χ2n) is 14.0. The van der Waals surface area contributed by atoms with Crippen LogP contribution in [0.15, 0.2) is 93.8 Å². The molecule has 0 bridgehead atoms. The molecule has 7 aromatic rings. The Kier molecular flexibility index (Phi) is 10.6. The fourth-order valence-electron chi connectivity index (χ4n) is 6.96. The SMILES string of the molecule is COc1nc2oc(C)cc2nc1N(C(=O)Oc1ccccc1)C(=O)Oc1ccccc1N(C(=O)N1CCN(c2cc(C)cc(C)c2)CC1)c1nc2cc(C)oc2nc1OC. The van der Waals surface area contributed by atoms with Crippen LogP contribution in [0, 0.1) is 27.7 Å². The first-order chi connectivity index (χ1) is 29.0. The number of benzene rings is 3. The molecule has 0 atom stereocenters. The number of rotatable bonds is 8. The summed E-state index contributed by atoms with van der Waals surface area (Å²) in [7, 11) is 2.70. The van der Waals surface area contributed by atoms with Crippen LogP contribution in [0.5, 0.6) is 23.3 Å². The molecular weight excluding hydrogens is 773 g/mol. The second-order valence-corrected chi connectivity index (χ2v) is 14.0. The highest BCUT2D eigenvalue weighted by Gasteiger charge is 2.37. The number of fused-ring (bicyclic) bond motifs is 2. The van der Waals surface area contributed by atoms with Crippen molar-refractivity contribution in [2.24, 2.45) is 0 Å². The molecule has 0 unspecified atom stereocenters. The number of amides is 4. The molecule has 0 radical (unpaired) electrons. The van der Waals surface area contributed by atoms with Gasteiger partial charge in [-0.15, -0.1) is 0 Å². The summed E-state index contributed by atoms with van der Waals surface area (Å²) in [5, 5.41) is 0. The maximum Gasteiger partial charge on any atom is 0.431 e. The minimum atomic E-state index is -1.26. The molecule has 306 valence electrons. The molecule has 5 heterocycles. The van der Waals surface area contributed by atoms with Crippen LogP contribution in [0.4, 0.5) is 37.4 Å². The number of furan rings is 2. The first-order valence-electron chi connectivity index (χ1n) is 18.9. The van der Waals surface area contributed by atoms with Crippen LogP contribution < -0.4 is 33.6 Å². The average molecular weight is 813 g/mol. The summed E-state index contributed by atoms with van der Waals surface area (Å²) < 4.78 is 34.2. The average Bonchev–Trinajstić information content (AvgIpc) is 3.80. The lowest BCUT2D eigenvalue weighted by Crippen LogP contribution is -2.52. The highest BCUT2D eigenvalue weighted by molar-refractivity contribution is 6.11. The van der Waals surface area contributed by atoms with Crippen molar-refractivity contribution >= 4 is 63.7 Å². The van der Waals surface area contributed by atoms with Crippen LogP contribution in [0.1, 0.15) is 22.6 Å². The van der Waals surface area contributed by atoms with Crippen LogP contribution in [-0.4, -0.2) is 83.5 Å². The Labute approximate surface area is 343 Å². The van der Waals surface area contributed by atoms with E-state index in [1.54, 1.807) is 79.4 Å². The standard InChI is InChI=1S/C43H40N8O9/c1-25-20-26(2)22-29(21-25)48-16-18-49(19-17-48)41(52)50(35-39(55-5)46-37-31(44-35)23-27(3)57-37)33-14-10-11-15-34(33)60-43(54)51(42(53)59-30-12-8-7-9-13-30)36-40(56-6)47-38-32(45-36)24-28(4)58-38/h7-15,20-24H,16-19H2,1-6H3. The molecule has 0 N–H and O–H groups in total. The van der Waals surface area contributed by atoms with Crippen molar-refractivity contribution in [2.45, 2.75) is 27.7 Å². The van der Waals surface area contributed by atoms with Crippen LogP contribution in [0.2, 0.25) is 0 Å². The van der Waals surface area contributed by atoms with E-state index in [0.29, 0.717) is 48.1 Å². The van der Waals surface area contributed by atoms with Crippen molar-refractivity contribution in [3.05, 3.63) is 108 Å². The van der Waals surface area contributed by atoms with Gasteiger partial charge in [0.05, 0.1) is 19.9 Å². The van der Waals surface area contributed by atoms with E-state index in [9.17, 15) is 14.4 Å². The van der Waals surface area contributed by atoms with E-state index in [1.807, 2.05) is 0 Å². The fourth-order valence-corrected chi connectivity index (χ4v) is 6.96. The van der Waals surface area contributed by atoms with Gasteiger partial charge in [0.15, 0.2) is 5.75 Å². The van der Waals surface area contributed by atoms with Gasteiger partial charge in [-0.25, -0.2) is 29.3 Å². The highest BCUT2D eigenvalue weighted by Crippen LogP contribution is 2.40. The minimum absolute atomic E-state index is 0.00435. The Balaban J connectivity index is 1.19. The number of ether oxygens (including phenoxy) is 4. The smallest absolute Gasteiger partial charge is 0.431 e. The van der Waals surface area contributed by atoms with E-state index in [-0.39, 0.29) is 57.5 Å². The summed E-state index contributed by atoms with van der Waals surface area (Å²) in [6, 6.07) is 23.6. The van der Waals surface area contributed by atoms with Gasteiger partial charge >= 0.3 is 18.2 Å². The van der Waals surface area contributed by atoms with Gasteiger partial charge < -0.3 is 37.6 Å². The summed E-state index contributed by atoms with van der Waals surface area (Å²) in [6.45, 7) is 9.35. The van der Waals surface area contributed by atoms with E-state index in [0.717, 1.165) is 16.8 Å². The molecule has 1 aliphatic rings. The number of hydrogen-bond donors (Lipinski definition) is 0. The van der Waals surface area contributed by atoms with Gasteiger partial charge in [0.2, 0.25) is 23.1 Å². The number of anilines is 4. The number of methoxy groups -OCH3 is 2. The molecule has 17 nitrogen and oxygen atoms in total. The number of carbonyl (C=O) groups is 3. The Morgan fingerprint density at radius 3 is 1.80 bits per heavy atom. The molecule has 60 heavy (non-hydrogen) atoms. The number of piperazine rings is 1. The predicted molar refractivity (Wildman–Crippen MR) is 221 cm³/mol. The summed E-state index contributed by atoms with van der Waals surface area (Å²) in [5.41, 5.74) is 4.36. The van der Waals surface area contributed by atoms with Crippen LogP contribution in [-0.2, 0) is 0 Å². The molecule has 0 saturated carbocycles. The lowest BCUT2D eigenvalue weighted by Gasteiger charge is -2.38. The Bertz CT molecular complexity index is 2720. The third kappa shape index (κ3) is 7.79. The number of para-hydroxylation sites is 3. The largest absolute Gasteiger partial charge is 0.478 e. The van der Waals surface area contributed by atoms with Crippen molar-refractivity contribution in [1.29, 1.82) is 0 Å². The van der Waals surface area contributed by atoms with Gasteiger partial charge in [-0.3, -0.25) is 0 Å². The molecule has 4 amide bonds. The van der Waals surface area contributed by atoms with Crippen molar-refractivity contribution in [3.8, 4) is 23.3 Å². The zero-order chi connectivity index (χ0) is 42.1. The monoisotopic (exact) mass is 812 g/mol. The van der Waals surface area contributed by atoms with E-state index in [4.69, 9.17) is 32.8 Å². The van der Waals surface area contributed by atoms with Gasteiger partial charge in [0.1, 0.15) is 28.3 Å². The van der Waals surface area contributed by atoms with Crippen molar-refractivity contribution in [2.75, 3.05) is 55.1 Å². The van der Waals surface area contributed by atoms with Crippen molar-refractivity contribution in [3.63, 3.8) is 0 Å². The molecule has 1 saturated heterocycles. The molecule has 0 aliphatic carbocycles. The molecule has 0 spiro atoms. The number of aromatic nitrogens is 4. The number of nitrogens with zero attached hydrogens (tertiary/aromatic N) is 8. The zero-order valence-electron chi connectivity index (χ0n) is 33.7. The van der Waals surface area contributed by atoms with E-state index < -0.39 is 18.2 Å². The maximum atomic E-state index is 15.0. The third-order valence-corrected chi connectivity index (χ3v) is 9.62. The number of hydrogen-bond acceptors (Lipinski definition) is 14. The molecule has 1 fully saturated rings. The van der Waals surface area contributed by atoms with Gasteiger partial charge in [-0.2, -0.15) is 14.9 Å².